The fourth-order valence-electron chi connectivity index (χ4n) is 3.34. The van der Waals surface area contributed by atoms with Crippen molar-refractivity contribution in [2.24, 2.45) is 16.0 Å². The summed E-state index contributed by atoms with van der Waals surface area (Å²) in [5, 5.41) is 34.3. The first-order chi connectivity index (χ1) is 15.9. The monoisotopic (exact) mass is 472 g/mol. The zero-order valence-electron chi connectivity index (χ0n) is 19.9. The van der Waals surface area contributed by atoms with Gasteiger partial charge in [0, 0.05) is 12.1 Å². The number of aliphatic hydroxyl groups is 2. The molecule has 0 spiro atoms. The fourth-order valence-corrected chi connectivity index (χ4v) is 3.34. The van der Waals surface area contributed by atoms with Crippen molar-refractivity contribution >= 4 is 11.4 Å². The minimum absolute atomic E-state index is 0.0795. The third kappa shape index (κ3) is 6.61. The highest BCUT2D eigenvalue weighted by molar-refractivity contribution is 5.41. The van der Waals surface area contributed by atoms with Gasteiger partial charge in [-0.1, -0.05) is 33.8 Å². The number of benzene rings is 2. The Hall–Kier alpha value is -3.30. The Kier molecular flexibility index (Phi) is 8.89. The van der Waals surface area contributed by atoms with E-state index >= 15 is 0 Å². The molecule has 0 aliphatic heterocycles. The molecule has 0 aromatic heterocycles. The number of rotatable bonds is 13. The minimum atomic E-state index is -1.30. The molecule has 34 heavy (non-hydrogen) atoms. The van der Waals surface area contributed by atoms with Crippen LogP contribution in [0.5, 0.6) is 11.5 Å². The molecule has 3 unspecified atom stereocenters. The van der Waals surface area contributed by atoms with E-state index in [0.29, 0.717) is 17.9 Å². The molecule has 3 atom stereocenters. The summed E-state index contributed by atoms with van der Waals surface area (Å²) in [5.74, 6) is 0.699. The Morgan fingerprint density at radius 1 is 1.06 bits per heavy atom. The summed E-state index contributed by atoms with van der Waals surface area (Å²) in [5.41, 5.74) is -0.568. The van der Waals surface area contributed by atoms with Crippen LogP contribution in [0.3, 0.4) is 0 Å². The van der Waals surface area contributed by atoms with Crippen LogP contribution in [0.15, 0.2) is 66.4 Å². The van der Waals surface area contributed by atoms with Gasteiger partial charge >= 0.3 is 0 Å². The van der Waals surface area contributed by atoms with E-state index in [1.807, 2.05) is 33.8 Å². The highest BCUT2D eigenvalue weighted by atomic mass is 16.6. The average molecular weight is 473 g/mol. The Bertz CT molecular complexity index is 972. The van der Waals surface area contributed by atoms with E-state index in [-0.39, 0.29) is 22.2 Å². The van der Waals surface area contributed by atoms with Crippen LogP contribution in [-0.4, -0.2) is 40.1 Å². The van der Waals surface area contributed by atoms with Crippen molar-refractivity contribution in [2.45, 2.75) is 52.4 Å². The lowest BCUT2D eigenvalue weighted by Gasteiger charge is -2.43. The molecule has 9 nitrogen and oxygen atoms in total. The Labute approximate surface area is 199 Å². The quantitative estimate of drug-likeness (QED) is 0.178. The molecule has 0 amide bonds. The van der Waals surface area contributed by atoms with Gasteiger partial charge in [0.25, 0.3) is 5.69 Å². The van der Waals surface area contributed by atoms with Gasteiger partial charge in [0.05, 0.1) is 11.5 Å². The lowest BCUT2D eigenvalue weighted by atomic mass is 9.65. The first kappa shape index (κ1) is 26.9. The smallest absolute Gasteiger partial charge is 0.269 e. The molecule has 0 heterocycles. The summed E-state index contributed by atoms with van der Waals surface area (Å²) in [7, 11) is 0. The van der Waals surface area contributed by atoms with Crippen molar-refractivity contribution < 1.29 is 24.6 Å². The van der Waals surface area contributed by atoms with Crippen LogP contribution >= 0.6 is 0 Å². The zero-order chi connectivity index (χ0) is 25.5. The Morgan fingerprint density at radius 2 is 1.59 bits per heavy atom. The average Bonchev–Trinajstić information content (AvgIpc) is 2.82. The number of hydrogen-bond donors (Lipinski definition) is 2. The van der Waals surface area contributed by atoms with Crippen molar-refractivity contribution in [3.8, 4) is 11.5 Å². The van der Waals surface area contributed by atoms with E-state index in [1.165, 1.54) is 48.5 Å². The first-order valence-electron chi connectivity index (χ1n) is 10.9. The largest absolute Gasteiger partial charge is 0.486 e. The van der Waals surface area contributed by atoms with E-state index in [4.69, 9.17) is 9.47 Å². The SMILES string of the molecule is C=CC(C)(C)C(C)(C)CC(Oc1ccc([N+](=O)[O-])cc1)C(Oc1ccc(N=O)cc1)C(O)CO. The molecule has 0 radical (unpaired) electrons. The highest BCUT2D eigenvalue weighted by Gasteiger charge is 2.42. The predicted octanol–water partition coefficient (Wildman–Crippen LogP) is 5.17. The summed E-state index contributed by atoms with van der Waals surface area (Å²) >= 11 is 0. The molecule has 0 saturated carbocycles. The van der Waals surface area contributed by atoms with Crippen molar-refractivity contribution in [1.82, 2.24) is 0 Å². The van der Waals surface area contributed by atoms with Crippen LogP contribution in [0.1, 0.15) is 34.1 Å². The first-order valence-corrected chi connectivity index (χ1v) is 10.9. The standard InChI is InChI=1S/C25H32N2O7/c1-6-24(2,3)25(4,5)15-22(33-19-13-9-18(10-14-19)27(31)32)23(21(29)16-28)34-20-11-7-17(26-30)8-12-20/h6-14,21-23,28-29H,1,15-16H2,2-5H3. The third-order valence-electron chi connectivity index (χ3n) is 6.45. The van der Waals surface area contributed by atoms with Gasteiger partial charge in [-0.2, -0.15) is 0 Å². The highest BCUT2D eigenvalue weighted by Crippen LogP contribution is 2.44. The number of nitro benzene ring substituents is 1. The number of nitroso groups, excluding NO2 is 1. The minimum Gasteiger partial charge on any atom is -0.486 e. The normalized spacial score (nSPS) is 14.5. The van der Waals surface area contributed by atoms with Gasteiger partial charge < -0.3 is 19.7 Å². The van der Waals surface area contributed by atoms with Gasteiger partial charge in [-0.05, 0) is 58.8 Å². The van der Waals surface area contributed by atoms with Gasteiger partial charge in [0.2, 0.25) is 0 Å². The molecular weight excluding hydrogens is 440 g/mol. The number of nitrogens with zero attached hydrogens (tertiary/aromatic N) is 2. The van der Waals surface area contributed by atoms with E-state index < -0.39 is 29.8 Å². The molecule has 2 aromatic carbocycles. The van der Waals surface area contributed by atoms with Gasteiger partial charge in [-0.25, -0.2) is 0 Å². The summed E-state index contributed by atoms with van der Waals surface area (Å²) in [6, 6.07) is 11.6. The van der Waals surface area contributed by atoms with Crippen LogP contribution in [0, 0.1) is 25.9 Å². The fraction of sp³-hybridized carbons (Fsp3) is 0.440. The number of hydrogen-bond acceptors (Lipinski definition) is 8. The molecule has 2 rings (SSSR count). The Morgan fingerprint density at radius 3 is 2.06 bits per heavy atom. The number of allylic oxidation sites excluding steroid dienone is 1. The molecule has 2 N–H and O–H groups in total. The second-order valence-corrected chi connectivity index (χ2v) is 9.34. The van der Waals surface area contributed by atoms with E-state index in [1.54, 1.807) is 0 Å². The van der Waals surface area contributed by atoms with Gasteiger partial charge in [0.15, 0.2) is 6.10 Å². The second-order valence-electron chi connectivity index (χ2n) is 9.34. The van der Waals surface area contributed by atoms with Crippen LogP contribution in [-0.2, 0) is 0 Å². The van der Waals surface area contributed by atoms with E-state index in [9.17, 15) is 25.2 Å². The number of nitro groups is 1. The maximum atomic E-state index is 11.0. The van der Waals surface area contributed by atoms with Crippen LogP contribution in [0.25, 0.3) is 0 Å². The maximum absolute atomic E-state index is 11.0. The predicted molar refractivity (Wildman–Crippen MR) is 129 cm³/mol. The van der Waals surface area contributed by atoms with Crippen LogP contribution in [0.2, 0.25) is 0 Å². The van der Waals surface area contributed by atoms with Crippen LogP contribution < -0.4 is 9.47 Å². The van der Waals surface area contributed by atoms with Crippen molar-refractivity contribution in [1.29, 1.82) is 0 Å². The topological polar surface area (TPSA) is 131 Å². The lowest BCUT2D eigenvalue weighted by molar-refractivity contribution is -0.384. The van der Waals surface area contributed by atoms with Crippen molar-refractivity contribution in [3.63, 3.8) is 0 Å². The second kappa shape index (κ2) is 11.2. The third-order valence-corrected chi connectivity index (χ3v) is 6.45. The lowest BCUT2D eigenvalue weighted by Crippen LogP contribution is -2.50. The molecule has 9 heteroatoms. The van der Waals surface area contributed by atoms with Crippen molar-refractivity contribution in [2.75, 3.05) is 6.61 Å². The van der Waals surface area contributed by atoms with E-state index in [0.717, 1.165) is 0 Å². The molecular formula is C25H32N2O7. The molecule has 0 bridgehead atoms. The molecule has 2 aromatic rings. The summed E-state index contributed by atoms with van der Waals surface area (Å²) in [4.78, 5) is 21.2. The van der Waals surface area contributed by atoms with Crippen molar-refractivity contribution in [3.05, 3.63) is 76.2 Å². The molecule has 0 aliphatic rings. The van der Waals surface area contributed by atoms with Crippen LogP contribution in [0.4, 0.5) is 11.4 Å². The Balaban J connectivity index is 2.45. The summed E-state index contributed by atoms with van der Waals surface area (Å²) < 4.78 is 12.2. The summed E-state index contributed by atoms with van der Waals surface area (Å²) in [6.45, 7) is 11.5. The molecule has 0 aliphatic carbocycles. The summed E-state index contributed by atoms with van der Waals surface area (Å²) in [6.07, 6.45) is -0.829. The molecule has 0 saturated heterocycles. The molecule has 0 fully saturated rings. The van der Waals surface area contributed by atoms with Gasteiger partial charge in [-0.15, -0.1) is 11.5 Å². The maximum Gasteiger partial charge on any atom is 0.269 e. The number of non-ortho nitro benzene ring substituents is 1. The number of ether oxygens (including phenoxy) is 2. The number of aliphatic hydroxyl groups excluding tert-OH is 2. The van der Waals surface area contributed by atoms with Gasteiger partial charge in [0.1, 0.15) is 29.4 Å². The van der Waals surface area contributed by atoms with E-state index in [2.05, 4.69) is 11.8 Å². The van der Waals surface area contributed by atoms with Gasteiger partial charge in [-0.3, -0.25) is 10.1 Å². The zero-order valence-corrected chi connectivity index (χ0v) is 19.9. The molecule has 184 valence electrons.